The van der Waals surface area contributed by atoms with Crippen molar-refractivity contribution in [1.29, 1.82) is 0 Å². The summed E-state index contributed by atoms with van der Waals surface area (Å²) in [6, 6.07) is 21.1. The Morgan fingerprint density at radius 3 is 2.31 bits per heavy atom. The molecule has 0 N–H and O–H groups in total. The Bertz CT molecular complexity index is 1190. The monoisotopic (exact) mass is 519 g/mol. The van der Waals surface area contributed by atoms with Crippen molar-refractivity contribution in [1.82, 2.24) is 14.7 Å². The minimum absolute atomic E-state index is 0.150. The minimum atomic E-state index is 0.150. The van der Waals surface area contributed by atoms with Crippen LogP contribution in [0.1, 0.15) is 34.0 Å². The van der Waals surface area contributed by atoms with Gasteiger partial charge in [-0.25, -0.2) is 0 Å². The summed E-state index contributed by atoms with van der Waals surface area (Å²) >= 11 is 3.42. The Labute approximate surface area is 222 Å². The molecule has 2 aliphatic heterocycles. The predicted octanol–water partition coefficient (Wildman–Crippen LogP) is 4.86. The first-order valence-electron chi connectivity index (χ1n) is 12.7. The summed E-state index contributed by atoms with van der Waals surface area (Å²) < 4.78 is 0. The number of amides is 2. The maximum absolute atomic E-state index is 13.1. The molecule has 1 aromatic heterocycles. The van der Waals surface area contributed by atoms with Crippen LogP contribution in [0.3, 0.4) is 0 Å². The van der Waals surface area contributed by atoms with Crippen molar-refractivity contribution >= 4 is 34.9 Å². The molecule has 2 aromatic carbocycles. The topological polar surface area (TPSA) is 43.9 Å². The van der Waals surface area contributed by atoms with Crippen molar-refractivity contribution in [3.8, 4) is 0 Å². The molecule has 1 unspecified atom stereocenters. The van der Waals surface area contributed by atoms with E-state index in [1.54, 1.807) is 11.8 Å². The number of piperazine rings is 1. The number of carbonyl (C=O) groups is 2. The summed E-state index contributed by atoms with van der Waals surface area (Å²) in [6.07, 6.45) is 1.56. The van der Waals surface area contributed by atoms with Gasteiger partial charge < -0.3 is 9.80 Å². The van der Waals surface area contributed by atoms with Crippen LogP contribution in [0.15, 0.2) is 70.9 Å². The molecule has 1 saturated heterocycles. The molecule has 36 heavy (non-hydrogen) atoms. The zero-order chi connectivity index (χ0) is 24.9. The third-order valence-corrected chi connectivity index (χ3v) is 9.25. The summed E-state index contributed by atoms with van der Waals surface area (Å²) in [5.41, 5.74) is 4.03. The van der Waals surface area contributed by atoms with Crippen molar-refractivity contribution in [2.24, 2.45) is 0 Å². The van der Waals surface area contributed by atoms with Gasteiger partial charge in [-0.2, -0.15) is 0 Å². The van der Waals surface area contributed by atoms with E-state index >= 15 is 0 Å². The maximum Gasteiger partial charge on any atom is 0.233 e. The Hall–Kier alpha value is -2.61. The molecular weight excluding hydrogens is 486 g/mol. The normalized spacial score (nSPS) is 18.2. The van der Waals surface area contributed by atoms with E-state index in [2.05, 4.69) is 47.5 Å². The Kier molecular flexibility index (Phi) is 8.09. The first-order chi connectivity index (χ1) is 17.6. The second kappa shape index (κ2) is 11.6. The van der Waals surface area contributed by atoms with Gasteiger partial charge in [-0.3, -0.25) is 14.5 Å². The standard InChI is InChI=1S/C29H33N3O2S2/c1-22-7-5-6-10-24(22)29-25-13-20-35-26(25)11-14-32(29)15-12-27(33)30-16-18-31(19-17-30)28(34)21-36-23-8-3-2-4-9-23/h2-10,13,20,29H,11-12,14-19,21H2,1H3. The molecule has 0 aliphatic carbocycles. The summed E-state index contributed by atoms with van der Waals surface area (Å²) in [6.45, 7) is 6.38. The van der Waals surface area contributed by atoms with E-state index in [0.717, 1.165) is 24.4 Å². The summed E-state index contributed by atoms with van der Waals surface area (Å²) in [7, 11) is 0. The highest BCUT2D eigenvalue weighted by molar-refractivity contribution is 8.00. The molecule has 7 heteroatoms. The quantitative estimate of drug-likeness (QED) is 0.419. The fourth-order valence-corrected chi connectivity index (χ4v) is 6.95. The molecule has 0 radical (unpaired) electrons. The Morgan fingerprint density at radius 1 is 0.861 bits per heavy atom. The number of carbonyl (C=O) groups excluding carboxylic acids is 2. The van der Waals surface area contributed by atoms with Gasteiger partial charge in [0.25, 0.3) is 0 Å². The van der Waals surface area contributed by atoms with Crippen molar-refractivity contribution in [2.75, 3.05) is 45.0 Å². The third kappa shape index (κ3) is 5.69. The van der Waals surface area contributed by atoms with E-state index in [0.29, 0.717) is 38.4 Å². The van der Waals surface area contributed by atoms with Gasteiger partial charge in [0.15, 0.2) is 0 Å². The molecule has 3 aromatic rings. The van der Waals surface area contributed by atoms with E-state index in [-0.39, 0.29) is 17.9 Å². The lowest BCUT2D eigenvalue weighted by Crippen LogP contribution is -2.51. The number of thiophene rings is 1. The SMILES string of the molecule is Cc1ccccc1C1c2ccsc2CCN1CCC(=O)N1CCN(C(=O)CSc2ccccc2)CC1. The molecule has 1 atom stereocenters. The lowest BCUT2D eigenvalue weighted by Gasteiger charge is -2.38. The highest BCUT2D eigenvalue weighted by Crippen LogP contribution is 2.38. The average Bonchev–Trinajstić information content (AvgIpc) is 3.40. The largest absolute Gasteiger partial charge is 0.339 e. The second-order valence-electron chi connectivity index (χ2n) is 9.46. The van der Waals surface area contributed by atoms with Crippen molar-refractivity contribution < 1.29 is 9.59 Å². The maximum atomic E-state index is 13.1. The van der Waals surface area contributed by atoms with Gasteiger partial charge in [-0.15, -0.1) is 23.1 Å². The van der Waals surface area contributed by atoms with Crippen molar-refractivity contribution in [3.05, 3.63) is 87.6 Å². The summed E-state index contributed by atoms with van der Waals surface area (Å²) in [5, 5.41) is 2.20. The fraction of sp³-hybridized carbons (Fsp3) is 0.379. The lowest BCUT2D eigenvalue weighted by molar-refractivity contribution is -0.138. The predicted molar refractivity (Wildman–Crippen MR) is 148 cm³/mol. The highest BCUT2D eigenvalue weighted by atomic mass is 32.2. The van der Waals surface area contributed by atoms with Crippen LogP contribution < -0.4 is 0 Å². The van der Waals surface area contributed by atoms with Crippen molar-refractivity contribution in [3.63, 3.8) is 0 Å². The fourth-order valence-electron chi connectivity index (χ4n) is 5.22. The number of benzene rings is 2. The van der Waals surface area contributed by atoms with E-state index in [4.69, 9.17) is 0 Å². The molecule has 2 aliphatic rings. The molecule has 0 spiro atoms. The van der Waals surface area contributed by atoms with E-state index < -0.39 is 0 Å². The van der Waals surface area contributed by atoms with Gasteiger partial charge in [-0.1, -0.05) is 42.5 Å². The van der Waals surface area contributed by atoms with Gasteiger partial charge in [0.1, 0.15) is 0 Å². The average molecular weight is 520 g/mol. The Balaban J connectivity index is 1.14. The van der Waals surface area contributed by atoms with E-state index in [1.807, 2.05) is 51.5 Å². The van der Waals surface area contributed by atoms with Gasteiger partial charge in [0, 0.05) is 55.5 Å². The smallest absolute Gasteiger partial charge is 0.233 e. The molecular formula is C29H33N3O2S2. The second-order valence-corrected chi connectivity index (χ2v) is 11.5. The summed E-state index contributed by atoms with van der Waals surface area (Å²) in [4.78, 5) is 34.7. The molecule has 3 heterocycles. The molecule has 0 saturated carbocycles. The van der Waals surface area contributed by atoms with Crippen LogP contribution in [0, 0.1) is 6.92 Å². The number of thioether (sulfide) groups is 1. The Morgan fingerprint density at radius 2 is 1.56 bits per heavy atom. The molecule has 188 valence electrons. The van der Waals surface area contributed by atoms with Crippen LogP contribution >= 0.6 is 23.1 Å². The van der Waals surface area contributed by atoms with E-state index in [9.17, 15) is 9.59 Å². The van der Waals surface area contributed by atoms with Crippen LogP contribution in [0.5, 0.6) is 0 Å². The minimum Gasteiger partial charge on any atom is -0.339 e. The van der Waals surface area contributed by atoms with Gasteiger partial charge in [0.05, 0.1) is 11.8 Å². The highest BCUT2D eigenvalue weighted by Gasteiger charge is 2.31. The number of fused-ring (bicyclic) bond motifs is 1. The zero-order valence-corrected chi connectivity index (χ0v) is 22.4. The number of hydrogen-bond acceptors (Lipinski definition) is 5. The first kappa shape index (κ1) is 25.1. The molecule has 2 amide bonds. The van der Waals surface area contributed by atoms with Crippen LogP contribution in [-0.2, 0) is 16.0 Å². The first-order valence-corrected chi connectivity index (χ1v) is 14.6. The van der Waals surface area contributed by atoms with Gasteiger partial charge in [-0.05, 0) is 53.6 Å². The molecule has 5 rings (SSSR count). The van der Waals surface area contributed by atoms with Gasteiger partial charge >= 0.3 is 0 Å². The lowest BCUT2D eigenvalue weighted by atomic mass is 9.90. The summed E-state index contributed by atoms with van der Waals surface area (Å²) in [5.74, 6) is 0.787. The number of nitrogens with zero attached hydrogens (tertiary/aromatic N) is 3. The van der Waals surface area contributed by atoms with Crippen LogP contribution in [-0.4, -0.2) is 71.5 Å². The third-order valence-electron chi connectivity index (χ3n) is 7.25. The zero-order valence-electron chi connectivity index (χ0n) is 20.8. The number of aryl methyl sites for hydroxylation is 1. The van der Waals surface area contributed by atoms with Gasteiger partial charge in [0.2, 0.25) is 11.8 Å². The van der Waals surface area contributed by atoms with Crippen molar-refractivity contribution in [2.45, 2.75) is 30.7 Å². The van der Waals surface area contributed by atoms with Crippen LogP contribution in [0.2, 0.25) is 0 Å². The molecule has 5 nitrogen and oxygen atoms in total. The molecule has 1 fully saturated rings. The molecule has 0 bridgehead atoms. The van der Waals surface area contributed by atoms with Crippen LogP contribution in [0.4, 0.5) is 0 Å². The van der Waals surface area contributed by atoms with E-state index in [1.165, 1.54) is 21.6 Å². The number of hydrogen-bond donors (Lipinski definition) is 0. The van der Waals surface area contributed by atoms with Crippen LogP contribution in [0.25, 0.3) is 0 Å². The number of rotatable bonds is 7.